The van der Waals surface area contributed by atoms with Gasteiger partial charge in [0, 0.05) is 11.1 Å². The van der Waals surface area contributed by atoms with Crippen LogP contribution in [0.3, 0.4) is 0 Å². The van der Waals surface area contributed by atoms with E-state index in [-0.39, 0.29) is 6.61 Å². The molecule has 2 aromatic carbocycles. The molecule has 0 aliphatic heterocycles. The molecule has 6 nitrogen and oxygen atoms in total. The minimum atomic E-state index is 0.159. The van der Waals surface area contributed by atoms with Crippen molar-refractivity contribution in [3.8, 4) is 5.75 Å². The maximum Gasteiger partial charge on any atom is 0.189 e. The van der Waals surface area contributed by atoms with E-state index >= 15 is 0 Å². The Bertz CT molecular complexity index is 1100. The molecule has 4 aromatic rings. The molecular weight excluding hydrogens is 385 g/mol. The molecule has 0 N–H and O–H groups in total. The van der Waals surface area contributed by atoms with Gasteiger partial charge in [-0.05, 0) is 41.1 Å². The van der Waals surface area contributed by atoms with Gasteiger partial charge in [-0.2, -0.15) is 0 Å². The quantitative estimate of drug-likeness (QED) is 0.495. The molecule has 0 amide bonds. The van der Waals surface area contributed by atoms with Crippen molar-refractivity contribution in [3.63, 3.8) is 0 Å². The minimum absolute atomic E-state index is 0.159. The number of tetrazole rings is 1. The zero-order valence-electron chi connectivity index (χ0n) is 14.4. The molecule has 0 unspecified atom stereocenters. The van der Waals surface area contributed by atoms with Crippen LogP contribution < -0.4 is 4.74 Å². The molecular formula is C19H15Cl2N5O. The number of rotatable bonds is 5. The normalized spacial score (nSPS) is 11.1. The van der Waals surface area contributed by atoms with E-state index in [0.717, 1.165) is 16.6 Å². The summed E-state index contributed by atoms with van der Waals surface area (Å²) < 4.78 is 7.66. The Kier molecular flexibility index (Phi) is 4.92. The van der Waals surface area contributed by atoms with Crippen molar-refractivity contribution in [3.05, 3.63) is 75.7 Å². The smallest absolute Gasteiger partial charge is 0.189 e. The number of hydrogen-bond donors (Lipinski definition) is 0. The van der Waals surface area contributed by atoms with Gasteiger partial charge in [-0.1, -0.05) is 53.5 Å². The topological polar surface area (TPSA) is 65.7 Å². The lowest BCUT2D eigenvalue weighted by molar-refractivity contribution is 0.291. The predicted octanol–water partition coefficient (Wildman–Crippen LogP) is 4.46. The Morgan fingerprint density at radius 2 is 1.85 bits per heavy atom. The van der Waals surface area contributed by atoms with Gasteiger partial charge in [0.2, 0.25) is 0 Å². The van der Waals surface area contributed by atoms with E-state index in [9.17, 15) is 0 Å². The molecule has 8 heteroatoms. The third-order valence-electron chi connectivity index (χ3n) is 4.10. The van der Waals surface area contributed by atoms with Gasteiger partial charge >= 0.3 is 0 Å². The second-order valence-electron chi connectivity index (χ2n) is 6.05. The molecule has 0 bridgehead atoms. The number of aryl methyl sites for hydroxylation is 1. The van der Waals surface area contributed by atoms with E-state index in [4.69, 9.17) is 27.9 Å². The number of benzene rings is 2. The van der Waals surface area contributed by atoms with Crippen molar-refractivity contribution in [2.24, 2.45) is 0 Å². The van der Waals surface area contributed by atoms with Crippen LogP contribution in [0.2, 0.25) is 10.0 Å². The molecule has 27 heavy (non-hydrogen) atoms. The molecule has 0 radical (unpaired) electrons. The predicted molar refractivity (Wildman–Crippen MR) is 104 cm³/mol. The van der Waals surface area contributed by atoms with Crippen LogP contribution in [-0.2, 0) is 13.2 Å². The van der Waals surface area contributed by atoms with Gasteiger partial charge in [-0.15, -0.1) is 5.10 Å². The number of nitrogens with zero attached hydrogens (tertiary/aromatic N) is 5. The van der Waals surface area contributed by atoms with Gasteiger partial charge in [0.05, 0.1) is 16.6 Å². The number of ether oxygens (including phenoxy) is 1. The van der Waals surface area contributed by atoms with E-state index in [1.54, 1.807) is 10.7 Å². The van der Waals surface area contributed by atoms with Crippen molar-refractivity contribution in [2.45, 2.75) is 20.1 Å². The van der Waals surface area contributed by atoms with Crippen LogP contribution >= 0.6 is 23.2 Å². The van der Waals surface area contributed by atoms with E-state index in [1.807, 2.05) is 49.4 Å². The number of halogens is 2. The van der Waals surface area contributed by atoms with Crippen LogP contribution in [-0.4, -0.2) is 25.2 Å². The first kappa shape index (κ1) is 17.7. The lowest BCUT2D eigenvalue weighted by atomic mass is 10.2. The Morgan fingerprint density at radius 1 is 1.04 bits per heavy atom. The van der Waals surface area contributed by atoms with E-state index in [0.29, 0.717) is 33.7 Å². The SMILES string of the molecule is Cc1ccc2c(Cl)cc(Cl)c(OCc3nnnn3Cc3ccccc3)c2n1. The summed E-state index contributed by atoms with van der Waals surface area (Å²) in [6, 6.07) is 15.4. The summed E-state index contributed by atoms with van der Waals surface area (Å²) in [5.41, 5.74) is 2.56. The Labute approximate surface area is 165 Å². The average molecular weight is 400 g/mol. The van der Waals surface area contributed by atoms with Crippen LogP contribution in [0.25, 0.3) is 10.9 Å². The first-order valence-electron chi connectivity index (χ1n) is 8.29. The lowest BCUT2D eigenvalue weighted by Crippen LogP contribution is -2.10. The largest absolute Gasteiger partial charge is 0.482 e. The summed E-state index contributed by atoms with van der Waals surface area (Å²) in [5, 5.41) is 13.6. The molecule has 0 spiro atoms. The van der Waals surface area contributed by atoms with Gasteiger partial charge < -0.3 is 4.74 Å². The van der Waals surface area contributed by atoms with Gasteiger partial charge in [0.1, 0.15) is 12.1 Å². The van der Waals surface area contributed by atoms with Crippen LogP contribution in [0.15, 0.2) is 48.5 Å². The maximum absolute atomic E-state index is 6.36. The Morgan fingerprint density at radius 3 is 2.67 bits per heavy atom. The van der Waals surface area contributed by atoms with Crippen molar-refractivity contribution >= 4 is 34.1 Å². The minimum Gasteiger partial charge on any atom is -0.482 e. The zero-order valence-corrected chi connectivity index (χ0v) is 15.9. The average Bonchev–Trinajstić information content (AvgIpc) is 3.09. The summed E-state index contributed by atoms with van der Waals surface area (Å²) in [6.45, 7) is 2.61. The van der Waals surface area contributed by atoms with Gasteiger partial charge in [-0.3, -0.25) is 0 Å². The number of hydrogen-bond acceptors (Lipinski definition) is 5. The lowest BCUT2D eigenvalue weighted by Gasteiger charge is -2.12. The van der Waals surface area contributed by atoms with Gasteiger partial charge in [0.25, 0.3) is 0 Å². The van der Waals surface area contributed by atoms with E-state index in [2.05, 4.69) is 20.5 Å². The highest BCUT2D eigenvalue weighted by atomic mass is 35.5. The van der Waals surface area contributed by atoms with Crippen molar-refractivity contribution in [1.29, 1.82) is 0 Å². The Hall–Kier alpha value is -2.70. The first-order chi connectivity index (χ1) is 13.1. The monoisotopic (exact) mass is 399 g/mol. The summed E-state index contributed by atoms with van der Waals surface area (Å²) in [5.74, 6) is 1.06. The molecule has 0 fully saturated rings. The molecule has 0 aliphatic carbocycles. The van der Waals surface area contributed by atoms with Crippen LogP contribution in [0, 0.1) is 6.92 Å². The highest BCUT2D eigenvalue weighted by Crippen LogP contribution is 2.37. The van der Waals surface area contributed by atoms with Crippen LogP contribution in [0.1, 0.15) is 17.1 Å². The molecule has 2 heterocycles. The van der Waals surface area contributed by atoms with Gasteiger partial charge in [0.15, 0.2) is 11.6 Å². The van der Waals surface area contributed by atoms with Gasteiger partial charge in [-0.25, -0.2) is 9.67 Å². The Balaban J connectivity index is 1.62. The van der Waals surface area contributed by atoms with Crippen LogP contribution in [0.5, 0.6) is 5.75 Å². The molecule has 0 aliphatic rings. The third kappa shape index (κ3) is 3.72. The summed E-state index contributed by atoms with van der Waals surface area (Å²) >= 11 is 12.6. The summed E-state index contributed by atoms with van der Waals surface area (Å²) in [7, 11) is 0. The fraction of sp³-hybridized carbons (Fsp3) is 0.158. The highest BCUT2D eigenvalue weighted by molar-refractivity contribution is 6.39. The first-order valence-corrected chi connectivity index (χ1v) is 9.04. The molecule has 136 valence electrons. The van der Waals surface area contributed by atoms with Crippen molar-refractivity contribution in [1.82, 2.24) is 25.2 Å². The molecule has 0 saturated heterocycles. The maximum atomic E-state index is 6.36. The van der Waals surface area contributed by atoms with Crippen molar-refractivity contribution in [2.75, 3.05) is 0 Å². The number of fused-ring (bicyclic) bond motifs is 1. The zero-order chi connectivity index (χ0) is 18.8. The van der Waals surface area contributed by atoms with Crippen molar-refractivity contribution < 1.29 is 4.74 Å². The molecule has 0 atom stereocenters. The summed E-state index contributed by atoms with van der Waals surface area (Å²) in [4.78, 5) is 4.54. The number of aromatic nitrogens is 5. The molecule has 0 saturated carbocycles. The van der Waals surface area contributed by atoms with Crippen LogP contribution in [0.4, 0.5) is 0 Å². The molecule has 2 aromatic heterocycles. The summed E-state index contributed by atoms with van der Waals surface area (Å²) in [6.07, 6.45) is 0. The molecule has 4 rings (SSSR count). The fourth-order valence-electron chi connectivity index (χ4n) is 2.77. The van der Waals surface area contributed by atoms with E-state index < -0.39 is 0 Å². The number of pyridine rings is 1. The second-order valence-corrected chi connectivity index (χ2v) is 6.86. The highest BCUT2D eigenvalue weighted by Gasteiger charge is 2.15. The fourth-order valence-corrected chi connectivity index (χ4v) is 3.34. The second kappa shape index (κ2) is 7.50. The third-order valence-corrected chi connectivity index (χ3v) is 4.70. The van der Waals surface area contributed by atoms with E-state index in [1.165, 1.54) is 0 Å². The standard InChI is InChI=1S/C19H15Cl2N5O/c1-12-7-8-14-15(20)9-16(21)19(18(14)22-12)27-11-17-23-24-25-26(17)10-13-5-3-2-4-6-13/h2-9H,10-11H2,1H3.